The molecule has 26 heavy (non-hydrogen) atoms. The molecule has 0 aliphatic heterocycles. The standard InChI is InChI=1S/C20H18BrNO4/c1-25-18-7-5-14(6-8-18)13-26-20-11-22(17(12-23)10-19(20)24)16-4-2-3-15(21)9-16/h2-11,23H,12-13H2,1H3. The molecule has 0 saturated carbocycles. The van der Waals surface area contributed by atoms with Crippen LogP contribution in [0.1, 0.15) is 11.3 Å². The van der Waals surface area contributed by atoms with Crippen molar-refractivity contribution in [1.82, 2.24) is 4.57 Å². The Morgan fingerprint density at radius 3 is 2.54 bits per heavy atom. The van der Waals surface area contributed by atoms with Crippen LogP contribution in [0.25, 0.3) is 5.69 Å². The molecule has 0 saturated heterocycles. The molecule has 5 nitrogen and oxygen atoms in total. The quantitative estimate of drug-likeness (QED) is 0.666. The van der Waals surface area contributed by atoms with Crippen LogP contribution in [0.5, 0.6) is 11.5 Å². The van der Waals surface area contributed by atoms with Crippen molar-refractivity contribution in [2.45, 2.75) is 13.2 Å². The second-order valence-electron chi connectivity index (χ2n) is 5.64. The monoisotopic (exact) mass is 415 g/mol. The highest BCUT2D eigenvalue weighted by Crippen LogP contribution is 2.20. The van der Waals surface area contributed by atoms with Gasteiger partial charge in [-0.2, -0.15) is 0 Å². The summed E-state index contributed by atoms with van der Waals surface area (Å²) in [7, 11) is 1.61. The number of halogens is 1. The van der Waals surface area contributed by atoms with E-state index in [9.17, 15) is 9.90 Å². The van der Waals surface area contributed by atoms with Crippen LogP contribution < -0.4 is 14.9 Å². The van der Waals surface area contributed by atoms with E-state index in [-0.39, 0.29) is 24.4 Å². The van der Waals surface area contributed by atoms with E-state index < -0.39 is 0 Å². The number of hydrogen-bond donors (Lipinski definition) is 1. The highest BCUT2D eigenvalue weighted by Gasteiger charge is 2.10. The van der Waals surface area contributed by atoms with Gasteiger partial charge in [0.25, 0.3) is 0 Å². The zero-order chi connectivity index (χ0) is 18.5. The predicted molar refractivity (Wildman–Crippen MR) is 103 cm³/mol. The first-order valence-electron chi connectivity index (χ1n) is 7.99. The number of nitrogens with zero attached hydrogens (tertiary/aromatic N) is 1. The van der Waals surface area contributed by atoms with Crippen molar-refractivity contribution in [2.24, 2.45) is 0 Å². The number of pyridine rings is 1. The summed E-state index contributed by atoms with van der Waals surface area (Å²) in [6, 6.07) is 16.4. The number of hydrogen-bond acceptors (Lipinski definition) is 4. The number of methoxy groups -OCH3 is 1. The molecular weight excluding hydrogens is 398 g/mol. The molecule has 1 heterocycles. The number of rotatable bonds is 6. The maximum atomic E-state index is 12.3. The van der Waals surface area contributed by atoms with E-state index in [1.165, 1.54) is 6.07 Å². The number of ether oxygens (including phenoxy) is 2. The molecule has 3 aromatic rings. The van der Waals surface area contributed by atoms with Gasteiger partial charge in [-0.05, 0) is 35.9 Å². The zero-order valence-electron chi connectivity index (χ0n) is 14.2. The van der Waals surface area contributed by atoms with Gasteiger partial charge in [-0.25, -0.2) is 0 Å². The second kappa shape index (κ2) is 8.21. The Hall–Kier alpha value is -2.57. The van der Waals surface area contributed by atoms with Gasteiger partial charge in [0, 0.05) is 16.2 Å². The maximum absolute atomic E-state index is 12.3. The molecule has 0 atom stereocenters. The molecule has 1 aromatic heterocycles. The van der Waals surface area contributed by atoms with Gasteiger partial charge >= 0.3 is 0 Å². The Bertz CT molecular complexity index is 951. The van der Waals surface area contributed by atoms with Crippen LogP contribution in [-0.4, -0.2) is 16.8 Å². The molecular formula is C20H18BrNO4. The lowest BCUT2D eigenvalue weighted by atomic mass is 10.2. The molecule has 1 N–H and O–H groups in total. The first kappa shape index (κ1) is 18.2. The molecule has 0 aliphatic carbocycles. The summed E-state index contributed by atoms with van der Waals surface area (Å²) >= 11 is 3.43. The molecule has 2 aromatic carbocycles. The van der Waals surface area contributed by atoms with Crippen LogP contribution in [0.4, 0.5) is 0 Å². The predicted octanol–water partition coefficient (Wildman–Crippen LogP) is 3.68. The van der Waals surface area contributed by atoms with Crippen LogP contribution >= 0.6 is 15.9 Å². The van der Waals surface area contributed by atoms with E-state index in [4.69, 9.17) is 9.47 Å². The summed E-state index contributed by atoms with van der Waals surface area (Å²) in [5.41, 5.74) is 1.96. The van der Waals surface area contributed by atoms with Gasteiger partial charge in [0.1, 0.15) is 12.4 Å². The Kier molecular flexibility index (Phi) is 5.75. The van der Waals surface area contributed by atoms with Crippen molar-refractivity contribution in [1.29, 1.82) is 0 Å². The maximum Gasteiger partial charge on any atom is 0.223 e. The number of benzene rings is 2. The first-order valence-corrected chi connectivity index (χ1v) is 8.78. The highest BCUT2D eigenvalue weighted by molar-refractivity contribution is 9.10. The first-order chi connectivity index (χ1) is 12.6. The van der Waals surface area contributed by atoms with Crippen molar-refractivity contribution < 1.29 is 14.6 Å². The third kappa shape index (κ3) is 4.15. The molecule has 0 spiro atoms. The summed E-state index contributed by atoms with van der Waals surface area (Å²) in [5, 5.41) is 9.60. The summed E-state index contributed by atoms with van der Waals surface area (Å²) in [4.78, 5) is 12.3. The Balaban J connectivity index is 1.89. The minimum atomic E-state index is -0.270. The zero-order valence-corrected chi connectivity index (χ0v) is 15.8. The van der Waals surface area contributed by atoms with Gasteiger partial charge in [-0.15, -0.1) is 0 Å². The molecule has 0 bridgehead atoms. The van der Waals surface area contributed by atoms with Gasteiger partial charge in [-0.3, -0.25) is 4.79 Å². The van der Waals surface area contributed by atoms with Gasteiger partial charge in [0.2, 0.25) is 5.43 Å². The Labute approximate surface area is 159 Å². The normalized spacial score (nSPS) is 10.6. The molecule has 134 valence electrons. The molecule has 0 aliphatic rings. The number of aromatic nitrogens is 1. The van der Waals surface area contributed by atoms with Crippen LogP contribution in [0.2, 0.25) is 0 Å². The molecule has 6 heteroatoms. The van der Waals surface area contributed by atoms with E-state index in [1.807, 2.05) is 48.5 Å². The third-order valence-corrected chi connectivity index (χ3v) is 4.39. The SMILES string of the molecule is COc1ccc(COc2cn(-c3cccc(Br)c3)c(CO)cc2=O)cc1. The lowest BCUT2D eigenvalue weighted by molar-refractivity contribution is 0.270. The van der Waals surface area contributed by atoms with Crippen molar-refractivity contribution >= 4 is 15.9 Å². The van der Waals surface area contributed by atoms with E-state index >= 15 is 0 Å². The van der Waals surface area contributed by atoms with Crippen LogP contribution in [0.15, 0.2) is 70.1 Å². The van der Waals surface area contributed by atoms with Gasteiger partial charge < -0.3 is 19.1 Å². The van der Waals surface area contributed by atoms with Crippen molar-refractivity contribution in [3.8, 4) is 17.2 Å². The fourth-order valence-corrected chi connectivity index (χ4v) is 2.92. The van der Waals surface area contributed by atoms with Gasteiger partial charge in [-0.1, -0.05) is 34.1 Å². The summed E-state index contributed by atoms with van der Waals surface area (Å²) in [6.07, 6.45) is 1.61. The van der Waals surface area contributed by atoms with Crippen molar-refractivity contribution in [2.75, 3.05) is 7.11 Å². The second-order valence-corrected chi connectivity index (χ2v) is 6.55. The fraction of sp³-hybridized carbons (Fsp3) is 0.150. The Morgan fingerprint density at radius 1 is 1.12 bits per heavy atom. The third-order valence-electron chi connectivity index (χ3n) is 3.90. The lowest BCUT2D eigenvalue weighted by Crippen LogP contribution is -2.14. The number of aliphatic hydroxyl groups excluding tert-OH is 1. The summed E-state index contributed by atoms with van der Waals surface area (Å²) in [6.45, 7) is 0.0106. The van der Waals surface area contributed by atoms with E-state index in [0.717, 1.165) is 21.5 Å². The topological polar surface area (TPSA) is 60.7 Å². The Morgan fingerprint density at radius 2 is 1.88 bits per heavy atom. The van der Waals surface area contributed by atoms with Crippen molar-refractivity contribution in [3.63, 3.8) is 0 Å². The van der Waals surface area contributed by atoms with E-state index in [0.29, 0.717) is 5.69 Å². The van der Waals surface area contributed by atoms with Gasteiger partial charge in [0.15, 0.2) is 5.75 Å². The lowest BCUT2D eigenvalue weighted by Gasteiger charge is -2.15. The average Bonchev–Trinajstić information content (AvgIpc) is 2.67. The summed E-state index contributed by atoms with van der Waals surface area (Å²) < 4.78 is 13.5. The molecule has 3 rings (SSSR count). The minimum Gasteiger partial charge on any atom is -0.497 e. The van der Waals surface area contributed by atoms with Gasteiger partial charge in [0.05, 0.1) is 25.6 Å². The van der Waals surface area contributed by atoms with E-state index in [1.54, 1.807) is 17.9 Å². The minimum absolute atomic E-state index is 0.220. The molecule has 0 amide bonds. The highest BCUT2D eigenvalue weighted by atomic mass is 79.9. The molecule has 0 radical (unpaired) electrons. The number of aliphatic hydroxyl groups is 1. The van der Waals surface area contributed by atoms with Crippen molar-refractivity contribution in [3.05, 3.63) is 86.7 Å². The molecule has 0 fully saturated rings. The van der Waals surface area contributed by atoms with Crippen LogP contribution in [0, 0.1) is 0 Å². The molecule has 0 unspecified atom stereocenters. The summed E-state index contributed by atoms with van der Waals surface area (Å²) in [5.74, 6) is 0.982. The largest absolute Gasteiger partial charge is 0.497 e. The van der Waals surface area contributed by atoms with E-state index in [2.05, 4.69) is 15.9 Å². The smallest absolute Gasteiger partial charge is 0.223 e. The fourth-order valence-electron chi connectivity index (χ4n) is 2.54. The van der Waals surface area contributed by atoms with Crippen LogP contribution in [-0.2, 0) is 13.2 Å². The average molecular weight is 416 g/mol. The van der Waals surface area contributed by atoms with Crippen LogP contribution in [0.3, 0.4) is 0 Å².